The summed E-state index contributed by atoms with van der Waals surface area (Å²) in [6.45, 7) is 0. The SMILES string of the molecule is O=C(Nc1ccc(I)cc1C(=O)Nc1cccnc1)c1ccccc1Cl. The molecule has 5 nitrogen and oxygen atoms in total. The van der Waals surface area contributed by atoms with Gasteiger partial charge in [-0.3, -0.25) is 14.6 Å². The molecule has 0 saturated carbocycles. The number of benzene rings is 2. The van der Waals surface area contributed by atoms with Crippen LogP contribution in [-0.4, -0.2) is 16.8 Å². The van der Waals surface area contributed by atoms with Crippen molar-refractivity contribution in [2.75, 3.05) is 10.6 Å². The fraction of sp³-hybridized carbons (Fsp3) is 0. The van der Waals surface area contributed by atoms with E-state index in [0.29, 0.717) is 27.5 Å². The number of hydrogen-bond donors (Lipinski definition) is 2. The van der Waals surface area contributed by atoms with Gasteiger partial charge in [-0.25, -0.2) is 0 Å². The highest BCUT2D eigenvalue weighted by Crippen LogP contribution is 2.23. The lowest BCUT2D eigenvalue weighted by molar-refractivity contribution is 0.102. The second kappa shape index (κ2) is 8.29. The molecule has 2 N–H and O–H groups in total. The van der Waals surface area contributed by atoms with Gasteiger partial charge in [0, 0.05) is 9.77 Å². The smallest absolute Gasteiger partial charge is 0.257 e. The Morgan fingerprint density at radius 2 is 1.69 bits per heavy atom. The summed E-state index contributed by atoms with van der Waals surface area (Å²) in [5.74, 6) is -0.724. The number of anilines is 2. The number of carbonyl (C=O) groups is 2. The lowest BCUT2D eigenvalue weighted by Crippen LogP contribution is -2.18. The lowest BCUT2D eigenvalue weighted by Gasteiger charge is -2.12. The number of hydrogen-bond acceptors (Lipinski definition) is 3. The van der Waals surface area contributed by atoms with Crippen LogP contribution in [0.15, 0.2) is 67.0 Å². The summed E-state index contributed by atoms with van der Waals surface area (Å²) in [5.41, 5.74) is 1.66. The van der Waals surface area contributed by atoms with E-state index in [0.717, 1.165) is 3.57 Å². The van der Waals surface area contributed by atoms with Gasteiger partial charge < -0.3 is 10.6 Å². The minimum Gasteiger partial charge on any atom is -0.321 e. The first-order chi connectivity index (χ1) is 12.5. The van der Waals surface area contributed by atoms with Gasteiger partial charge in [0.1, 0.15) is 0 Å². The largest absolute Gasteiger partial charge is 0.321 e. The molecule has 0 bridgehead atoms. The summed E-state index contributed by atoms with van der Waals surface area (Å²) >= 11 is 8.18. The summed E-state index contributed by atoms with van der Waals surface area (Å²) in [6.07, 6.45) is 3.17. The van der Waals surface area contributed by atoms with Gasteiger partial charge in [0.05, 0.1) is 33.7 Å². The Kier molecular flexibility index (Phi) is 5.85. The van der Waals surface area contributed by atoms with Crippen molar-refractivity contribution in [2.45, 2.75) is 0 Å². The Balaban J connectivity index is 1.87. The van der Waals surface area contributed by atoms with E-state index < -0.39 is 0 Å². The van der Waals surface area contributed by atoms with Gasteiger partial charge >= 0.3 is 0 Å². The highest BCUT2D eigenvalue weighted by Gasteiger charge is 2.16. The maximum Gasteiger partial charge on any atom is 0.257 e. The summed E-state index contributed by atoms with van der Waals surface area (Å²) in [5, 5.41) is 5.87. The van der Waals surface area contributed by atoms with E-state index in [1.807, 2.05) is 6.07 Å². The summed E-state index contributed by atoms with van der Waals surface area (Å²) in [7, 11) is 0. The van der Waals surface area contributed by atoms with Crippen molar-refractivity contribution in [1.82, 2.24) is 4.98 Å². The molecular weight excluding hydrogens is 465 g/mol. The molecule has 26 heavy (non-hydrogen) atoms. The monoisotopic (exact) mass is 477 g/mol. The minimum absolute atomic E-state index is 0.339. The van der Waals surface area contributed by atoms with Crippen LogP contribution in [0.3, 0.4) is 0 Å². The Morgan fingerprint density at radius 1 is 0.923 bits per heavy atom. The van der Waals surface area contributed by atoms with Crippen LogP contribution >= 0.6 is 34.2 Å². The Labute approximate surface area is 168 Å². The molecule has 0 fully saturated rings. The zero-order chi connectivity index (χ0) is 18.5. The van der Waals surface area contributed by atoms with Crippen LogP contribution in [0.1, 0.15) is 20.7 Å². The highest BCUT2D eigenvalue weighted by molar-refractivity contribution is 14.1. The summed E-state index contributed by atoms with van der Waals surface area (Å²) in [6, 6.07) is 15.4. The van der Waals surface area contributed by atoms with Crippen LogP contribution < -0.4 is 10.6 Å². The minimum atomic E-state index is -0.382. The summed E-state index contributed by atoms with van der Waals surface area (Å²) < 4.78 is 0.870. The van der Waals surface area contributed by atoms with Crippen LogP contribution in [0.2, 0.25) is 5.02 Å². The Hall–Kier alpha value is -2.45. The molecule has 0 radical (unpaired) electrons. The molecule has 2 aromatic carbocycles. The predicted octanol–water partition coefficient (Wildman–Crippen LogP) is 4.84. The molecule has 0 aliphatic carbocycles. The van der Waals surface area contributed by atoms with Crippen LogP contribution in [0, 0.1) is 3.57 Å². The van der Waals surface area contributed by atoms with Crippen LogP contribution in [0.5, 0.6) is 0 Å². The third-order valence-corrected chi connectivity index (χ3v) is 4.51. The molecule has 0 aliphatic rings. The van der Waals surface area contributed by atoms with E-state index in [2.05, 4.69) is 38.2 Å². The molecule has 7 heteroatoms. The molecule has 1 heterocycles. The number of halogens is 2. The standard InChI is InChI=1S/C19H13ClIN3O2/c20-16-6-2-1-5-14(16)18(25)24-17-8-7-12(21)10-15(17)19(26)23-13-4-3-9-22-11-13/h1-11H,(H,23,26)(H,24,25). The first-order valence-electron chi connectivity index (χ1n) is 7.61. The Morgan fingerprint density at radius 3 is 2.42 bits per heavy atom. The van der Waals surface area contributed by atoms with Crippen molar-refractivity contribution < 1.29 is 9.59 Å². The zero-order valence-electron chi connectivity index (χ0n) is 13.4. The number of carbonyl (C=O) groups excluding carboxylic acids is 2. The van der Waals surface area contributed by atoms with Gasteiger partial charge in [-0.15, -0.1) is 0 Å². The molecule has 130 valence electrons. The van der Waals surface area contributed by atoms with E-state index in [4.69, 9.17) is 11.6 Å². The fourth-order valence-corrected chi connectivity index (χ4v) is 3.00. The molecule has 0 saturated heterocycles. The maximum atomic E-state index is 12.7. The van der Waals surface area contributed by atoms with E-state index in [1.165, 1.54) is 0 Å². The van der Waals surface area contributed by atoms with Crippen molar-refractivity contribution in [3.8, 4) is 0 Å². The number of rotatable bonds is 4. The van der Waals surface area contributed by atoms with Crippen molar-refractivity contribution in [3.63, 3.8) is 0 Å². The predicted molar refractivity (Wildman–Crippen MR) is 111 cm³/mol. The highest BCUT2D eigenvalue weighted by atomic mass is 127. The van der Waals surface area contributed by atoms with Gasteiger partial charge in [0.25, 0.3) is 11.8 Å². The Bertz CT molecular complexity index is 964. The van der Waals surface area contributed by atoms with E-state index in [-0.39, 0.29) is 11.8 Å². The fourth-order valence-electron chi connectivity index (χ4n) is 2.28. The first kappa shape index (κ1) is 18.3. The second-order valence-corrected chi connectivity index (χ2v) is 6.97. The van der Waals surface area contributed by atoms with Gasteiger partial charge in [-0.05, 0) is 65.1 Å². The molecule has 1 aromatic heterocycles. The quantitative estimate of drug-likeness (QED) is 0.528. The first-order valence-corrected chi connectivity index (χ1v) is 9.07. The van der Waals surface area contributed by atoms with Gasteiger partial charge in [0.15, 0.2) is 0 Å². The number of nitrogens with one attached hydrogen (secondary N) is 2. The van der Waals surface area contributed by atoms with Crippen molar-refractivity contribution in [1.29, 1.82) is 0 Å². The topological polar surface area (TPSA) is 71.1 Å². The lowest BCUT2D eigenvalue weighted by atomic mass is 10.1. The molecule has 2 amide bonds. The van der Waals surface area contributed by atoms with Gasteiger partial charge in [-0.1, -0.05) is 23.7 Å². The molecule has 3 rings (SSSR count). The third kappa shape index (κ3) is 4.39. The van der Waals surface area contributed by atoms with E-state index in [1.54, 1.807) is 60.9 Å². The van der Waals surface area contributed by atoms with E-state index >= 15 is 0 Å². The van der Waals surface area contributed by atoms with Crippen molar-refractivity contribution >= 4 is 57.4 Å². The third-order valence-electron chi connectivity index (χ3n) is 3.51. The molecule has 3 aromatic rings. The number of amides is 2. The van der Waals surface area contributed by atoms with Crippen LogP contribution in [0.25, 0.3) is 0 Å². The molecule has 0 aliphatic heterocycles. The summed E-state index contributed by atoms with van der Waals surface area (Å²) in [4.78, 5) is 29.1. The van der Waals surface area contributed by atoms with Gasteiger partial charge in [0.2, 0.25) is 0 Å². The zero-order valence-corrected chi connectivity index (χ0v) is 16.3. The number of nitrogens with zero attached hydrogens (tertiary/aromatic N) is 1. The average Bonchev–Trinajstić information content (AvgIpc) is 2.64. The van der Waals surface area contributed by atoms with Crippen molar-refractivity contribution in [3.05, 3.63) is 86.7 Å². The molecule has 0 unspecified atom stereocenters. The normalized spacial score (nSPS) is 10.2. The van der Waals surface area contributed by atoms with Crippen LogP contribution in [-0.2, 0) is 0 Å². The molecule has 0 atom stereocenters. The van der Waals surface area contributed by atoms with Gasteiger partial charge in [-0.2, -0.15) is 0 Å². The van der Waals surface area contributed by atoms with Crippen molar-refractivity contribution in [2.24, 2.45) is 0 Å². The second-order valence-electron chi connectivity index (χ2n) is 5.32. The number of aromatic nitrogens is 1. The average molecular weight is 478 g/mol. The molecule has 0 spiro atoms. The maximum absolute atomic E-state index is 12.7. The van der Waals surface area contributed by atoms with E-state index in [9.17, 15) is 9.59 Å². The number of pyridine rings is 1. The van der Waals surface area contributed by atoms with Crippen LogP contribution in [0.4, 0.5) is 11.4 Å². The molecular formula is C19H13ClIN3O2.